The van der Waals surface area contributed by atoms with Crippen molar-refractivity contribution in [2.24, 2.45) is 0 Å². The van der Waals surface area contributed by atoms with E-state index in [4.69, 9.17) is 14.2 Å². The molecule has 0 fully saturated rings. The van der Waals surface area contributed by atoms with Crippen molar-refractivity contribution in [2.45, 2.75) is 348 Å². The predicted octanol–water partition coefficient (Wildman–Crippen LogP) is 24.0. The number of unbranched alkanes of at least 4 members (excludes halogenated alkanes) is 36. The largest absolute Gasteiger partial charge is 0.462 e. The van der Waals surface area contributed by atoms with Crippen LogP contribution < -0.4 is 0 Å². The maximum absolute atomic E-state index is 13.0. The van der Waals surface area contributed by atoms with Gasteiger partial charge in [-0.25, -0.2) is 0 Å². The van der Waals surface area contributed by atoms with Gasteiger partial charge in [-0.15, -0.1) is 0 Å². The molecule has 1 atom stereocenters. The third-order valence-electron chi connectivity index (χ3n) is 15.1. The third-order valence-corrected chi connectivity index (χ3v) is 15.1. The fraction of sp³-hybridized carbons (Fsp3) is 0.747. The van der Waals surface area contributed by atoms with Crippen LogP contribution in [0.4, 0.5) is 0 Å². The van der Waals surface area contributed by atoms with Gasteiger partial charge in [0.1, 0.15) is 13.2 Å². The SMILES string of the molecule is CC/C=C\C/C=C\C/C=C\C/C=C\C/C=C\C/C=C\CCCCCCCCCCC(=O)OCC(COC(=O)CCCCCCC/C=C\C/C=C\CCCCCC)OC(=O)CCCCCCCCCCCCCCCCCCCCCC. The Balaban J connectivity index is 4.36. The van der Waals surface area contributed by atoms with Gasteiger partial charge in [0.05, 0.1) is 0 Å². The van der Waals surface area contributed by atoms with Crippen molar-refractivity contribution in [3.05, 3.63) is 97.2 Å². The van der Waals surface area contributed by atoms with Crippen LogP contribution >= 0.6 is 0 Å². The van der Waals surface area contributed by atoms with E-state index in [2.05, 4.69) is 118 Å². The standard InChI is InChI=1S/C75H130O6/c1-4-7-10-13-16-19-22-25-28-31-33-35-36-37-38-39-40-41-43-44-47-50-53-56-59-62-65-68-74(77)80-71-72(70-79-73(76)67-64-61-58-55-52-49-46-30-27-24-21-18-15-12-9-6-3)81-75(78)69-66-63-60-57-54-51-48-45-42-34-32-29-26-23-20-17-14-11-8-5-2/h7,10,16,19,21,24-25,28,30,33,35,37-38,40-41,46,72H,4-6,8-9,11-15,17-18,20,22-23,26-27,29,31-32,34,36,39,42-45,47-71H2,1-3H3/b10-7-,19-16-,24-21-,28-25-,35-33-,38-37-,41-40-,46-30-. The average molecular weight is 1130 g/mol. The number of carbonyl (C=O) groups excluding carboxylic acids is 3. The van der Waals surface area contributed by atoms with Gasteiger partial charge in [-0.05, 0) is 103 Å². The van der Waals surface area contributed by atoms with E-state index in [1.807, 2.05) is 0 Å². The molecule has 6 nitrogen and oxygen atoms in total. The molecule has 0 N–H and O–H groups in total. The van der Waals surface area contributed by atoms with Gasteiger partial charge in [0, 0.05) is 19.3 Å². The molecule has 0 saturated heterocycles. The number of ether oxygens (including phenoxy) is 3. The lowest BCUT2D eigenvalue weighted by molar-refractivity contribution is -0.167. The van der Waals surface area contributed by atoms with Gasteiger partial charge >= 0.3 is 17.9 Å². The molecule has 0 aromatic heterocycles. The number of esters is 3. The van der Waals surface area contributed by atoms with E-state index in [0.717, 1.165) is 122 Å². The monoisotopic (exact) mass is 1130 g/mol. The summed E-state index contributed by atoms with van der Waals surface area (Å²) in [5.74, 6) is -0.888. The van der Waals surface area contributed by atoms with Gasteiger partial charge < -0.3 is 14.2 Å². The Morgan fingerprint density at radius 1 is 0.259 bits per heavy atom. The van der Waals surface area contributed by atoms with Crippen LogP contribution in [0.1, 0.15) is 342 Å². The molecule has 0 spiro atoms. The molecule has 0 heterocycles. The number of rotatable bonds is 63. The van der Waals surface area contributed by atoms with Crippen LogP contribution in [0.5, 0.6) is 0 Å². The third kappa shape index (κ3) is 67.0. The number of carbonyl (C=O) groups is 3. The molecule has 0 aliphatic rings. The van der Waals surface area contributed by atoms with Crippen LogP contribution in [0.15, 0.2) is 97.2 Å². The van der Waals surface area contributed by atoms with Crippen molar-refractivity contribution in [2.75, 3.05) is 13.2 Å². The van der Waals surface area contributed by atoms with E-state index in [1.165, 1.54) is 180 Å². The minimum atomic E-state index is -0.788. The zero-order valence-electron chi connectivity index (χ0n) is 53.5. The maximum Gasteiger partial charge on any atom is 0.306 e. The Morgan fingerprint density at radius 2 is 0.481 bits per heavy atom. The molecule has 1 unspecified atom stereocenters. The van der Waals surface area contributed by atoms with Crippen molar-refractivity contribution < 1.29 is 28.6 Å². The molecule has 0 aliphatic carbocycles. The van der Waals surface area contributed by atoms with Crippen molar-refractivity contribution in [1.29, 1.82) is 0 Å². The summed E-state index contributed by atoms with van der Waals surface area (Å²) in [4.78, 5) is 38.4. The first-order valence-corrected chi connectivity index (χ1v) is 34.7. The Hall–Kier alpha value is -3.67. The van der Waals surface area contributed by atoms with E-state index in [0.29, 0.717) is 19.3 Å². The van der Waals surface area contributed by atoms with E-state index >= 15 is 0 Å². The first-order valence-electron chi connectivity index (χ1n) is 34.7. The summed E-state index contributed by atoms with van der Waals surface area (Å²) in [6.45, 7) is 6.54. The second-order valence-corrected chi connectivity index (χ2v) is 23.1. The highest BCUT2D eigenvalue weighted by molar-refractivity contribution is 5.71. The average Bonchev–Trinajstić information content (AvgIpc) is 3.47. The summed E-state index contributed by atoms with van der Waals surface area (Å²) in [6, 6.07) is 0. The smallest absolute Gasteiger partial charge is 0.306 e. The molecular weight excluding hydrogens is 997 g/mol. The molecule has 466 valence electrons. The van der Waals surface area contributed by atoms with E-state index < -0.39 is 6.10 Å². The molecule has 0 aromatic carbocycles. The van der Waals surface area contributed by atoms with E-state index in [9.17, 15) is 14.4 Å². The summed E-state index contributed by atoms with van der Waals surface area (Å²) >= 11 is 0. The molecule has 0 aliphatic heterocycles. The molecule has 0 bridgehead atoms. The molecule has 0 aromatic rings. The Bertz CT molecular complexity index is 1580. The first kappa shape index (κ1) is 77.3. The molecule has 0 radical (unpaired) electrons. The number of hydrogen-bond acceptors (Lipinski definition) is 6. The molecular formula is C75H130O6. The van der Waals surface area contributed by atoms with Gasteiger partial charge in [-0.3, -0.25) is 14.4 Å². The van der Waals surface area contributed by atoms with E-state index in [-0.39, 0.29) is 31.1 Å². The summed E-state index contributed by atoms with van der Waals surface area (Å²) in [6.07, 6.45) is 92.8. The maximum atomic E-state index is 13.0. The lowest BCUT2D eigenvalue weighted by Gasteiger charge is -2.18. The van der Waals surface area contributed by atoms with Gasteiger partial charge in [0.15, 0.2) is 6.10 Å². The lowest BCUT2D eigenvalue weighted by atomic mass is 10.0. The number of hydrogen-bond donors (Lipinski definition) is 0. The van der Waals surface area contributed by atoms with E-state index in [1.54, 1.807) is 0 Å². The molecule has 6 heteroatoms. The quantitative estimate of drug-likeness (QED) is 0.0261. The first-order chi connectivity index (χ1) is 40.0. The summed E-state index contributed by atoms with van der Waals surface area (Å²) in [5.41, 5.74) is 0. The van der Waals surface area contributed by atoms with Gasteiger partial charge in [-0.2, -0.15) is 0 Å². The molecule has 0 rings (SSSR count). The van der Waals surface area contributed by atoms with Crippen molar-refractivity contribution >= 4 is 17.9 Å². The van der Waals surface area contributed by atoms with Crippen molar-refractivity contribution in [3.8, 4) is 0 Å². The predicted molar refractivity (Wildman–Crippen MR) is 353 cm³/mol. The Morgan fingerprint density at radius 3 is 0.765 bits per heavy atom. The number of allylic oxidation sites excluding steroid dienone is 16. The van der Waals surface area contributed by atoms with Crippen LogP contribution in [-0.2, 0) is 28.6 Å². The lowest BCUT2D eigenvalue weighted by Crippen LogP contribution is -2.30. The van der Waals surface area contributed by atoms with Gasteiger partial charge in [-0.1, -0.05) is 317 Å². The minimum Gasteiger partial charge on any atom is -0.462 e. The summed E-state index contributed by atoms with van der Waals surface area (Å²) in [5, 5.41) is 0. The highest BCUT2D eigenvalue weighted by atomic mass is 16.6. The molecule has 81 heavy (non-hydrogen) atoms. The van der Waals surface area contributed by atoms with Crippen molar-refractivity contribution in [3.63, 3.8) is 0 Å². The summed E-state index contributed by atoms with van der Waals surface area (Å²) < 4.78 is 17.0. The fourth-order valence-electron chi connectivity index (χ4n) is 9.89. The normalized spacial score (nSPS) is 12.7. The van der Waals surface area contributed by atoms with Crippen molar-refractivity contribution in [1.82, 2.24) is 0 Å². The van der Waals surface area contributed by atoms with Crippen LogP contribution in [-0.4, -0.2) is 37.2 Å². The summed E-state index contributed by atoms with van der Waals surface area (Å²) in [7, 11) is 0. The Labute approximate surface area is 502 Å². The van der Waals surface area contributed by atoms with Crippen LogP contribution in [0.3, 0.4) is 0 Å². The zero-order valence-corrected chi connectivity index (χ0v) is 53.5. The fourth-order valence-corrected chi connectivity index (χ4v) is 9.89. The highest BCUT2D eigenvalue weighted by Gasteiger charge is 2.19. The van der Waals surface area contributed by atoms with Gasteiger partial charge in [0.2, 0.25) is 0 Å². The van der Waals surface area contributed by atoms with Gasteiger partial charge in [0.25, 0.3) is 0 Å². The second-order valence-electron chi connectivity index (χ2n) is 23.1. The highest BCUT2D eigenvalue weighted by Crippen LogP contribution is 2.17. The molecule has 0 amide bonds. The van der Waals surface area contributed by atoms with Crippen LogP contribution in [0.2, 0.25) is 0 Å². The second kappa shape index (κ2) is 68.8. The molecule has 0 saturated carbocycles. The topological polar surface area (TPSA) is 78.9 Å². The zero-order chi connectivity index (χ0) is 58.5. The Kier molecular flexibility index (Phi) is 65.7. The van der Waals surface area contributed by atoms with Crippen LogP contribution in [0, 0.1) is 0 Å². The van der Waals surface area contributed by atoms with Crippen LogP contribution in [0.25, 0.3) is 0 Å². The minimum absolute atomic E-state index is 0.0839.